The molecule has 2 aromatic carbocycles. The number of rotatable bonds is 4. The van der Waals surface area contributed by atoms with Gasteiger partial charge in [-0.3, -0.25) is 4.79 Å². The van der Waals surface area contributed by atoms with E-state index in [1.807, 2.05) is 36.7 Å². The van der Waals surface area contributed by atoms with E-state index in [4.69, 9.17) is 4.74 Å². The molecule has 0 spiro atoms. The Bertz CT molecular complexity index is 1000. The molecule has 1 aromatic heterocycles. The molecule has 4 nitrogen and oxygen atoms in total. The quantitative estimate of drug-likeness (QED) is 0.652. The summed E-state index contributed by atoms with van der Waals surface area (Å²) in [7, 11) is 3.56. The average molecular weight is 373 g/mol. The van der Waals surface area contributed by atoms with Crippen molar-refractivity contribution in [3.05, 3.63) is 52.3 Å². The second kappa shape index (κ2) is 7.45. The van der Waals surface area contributed by atoms with Crippen LogP contribution >= 0.6 is 23.1 Å². The number of ether oxygens (including phenoxy) is 1. The van der Waals surface area contributed by atoms with Crippen molar-refractivity contribution in [3.8, 4) is 5.75 Å². The van der Waals surface area contributed by atoms with Crippen LogP contribution in [0.25, 0.3) is 10.2 Å². The fourth-order valence-corrected chi connectivity index (χ4v) is 4.29. The van der Waals surface area contributed by atoms with Crippen LogP contribution < -0.4 is 9.54 Å². The number of fused-ring (bicyclic) bond motifs is 1. The Morgan fingerprint density at radius 3 is 2.80 bits per heavy atom. The predicted molar refractivity (Wildman–Crippen MR) is 105 cm³/mol. The number of methoxy groups -OCH3 is 1. The van der Waals surface area contributed by atoms with Crippen LogP contribution in [-0.2, 0) is 18.3 Å². The van der Waals surface area contributed by atoms with Gasteiger partial charge in [0.1, 0.15) is 5.75 Å². The molecule has 0 aliphatic carbocycles. The summed E-state index contributed by atoms with van der Waals surface area (Å²) < 4.78 is 8.45. The number of thiazole rings is 1. The molecule has 0 aliphatic rings. The lowest BCUT2D eigenvalue weighted by atomic mass is 10.1. The minimum Gasteiger partial charge on any atom is -0.496 e. The molecule has 1 heterocycles. The normalized spacial score (nSPS) is 11.9. The summed E-state index contributed by atoms with van der Waals surface area (Å²) in [6.45, 7) is 2.00. The van der Waals surface area contributed by atoms with Crippen LogP contribution in [0.2, 0.25) is 0 Å². The molecule has 3 aromatic rings. The first-order valence-electron chi connectivity index (χ1n) is 7.86. The molecule has 3 rings (SSSR count). The number of hydrogen-bond donors (Lipinski definition) is 0. The Kier molecular flexibility index (Phi) is 5.30. The van der Waals surface area contributed by atoms with Crippen LogP contribution in [0.5, 0.6) is 5.75 Å². The number of hydrogen-bond acceptors (Lipinski definition) is 4. The highest BCUT2D eigenvalue weighted by molar-refractivity contribution is 7.98. The van der Waals surface area contributed by atoms with Crippen LogP contribution in [0.3, 0.4) is 0 Å². The zero-order valence-electron chi connectivity index (χ0n) is 14.7. The van der Waals surface area contributed by atoms with Gasteiger partial charge in [-0.05, 0) is 37.4 Å². The Labute approximate surface area is 155 Å². The van der Waals surface area contributed by atoms with Gasteiger partial charge in [-0.25, -0.2) is 0 Å². The molecule has 130 valence electrons. The summed E-state index contributed by atoms with van der Waals surface area (Å²) in [5.74, 6) is 0.552. The lowest BCUT2D eigenvalue weighted by molar-refractivity contribution is -0.117. The zero-order valence-corrected chi connectivity index (χ0v) is 16.3. The third-order valence-electron chi connectivity index (χ3n) is 4.01. The van der Waals surface area contributed by atoms with Gasteiger partial charge in [-0.2, -0.15) is 4.99 Å². The molecule has 0 atom stereocenters. The van der Waals surface area contributed by atoms with Gasteiger partial charge in [0.2, 0.25) is 0 Å². The van der Waals surface area contributed by atoms with Crippen molar-refractivity contribution in [1.29, 1.82) is 0 Å². The minimum absolute atomic E-state index is 0.170. The van der Waals surface area contributed by atoms with Gasteiger partial charge >= 0.3 is 0 Å². The number of thioether (sulfide) groups is 1. The van der Waals surface area contributed by atoms with E-state index in [-0.39, 0.29) is 12.3 Å². The number of benzene rings is 2. The van der Waals surface area contributed by atoms with Crippen LogP contribution in [0, 0.1) is 6.92 Å². The monoisotopic (exact) mass is 372 g/mol. The second-order valence-electron chi connectivity index (χ2n) is 5.77. The first kappa shape index (κ1) is 17.8. The van der Waals surface area contributed by atoms with Gasteiger partial charge in [0, 0.05) is 17.5 Å². The van der Waals surface area contributed by atoms with E-state index in [2.05, 4.69) is 29.4 Å². The zero-order chi connectivity index (χ0) is 18.0. The van der Waals surface area contributed by atoms with Crippen LogP contribution in [0.1, 0.15) is 11.1 Å². The topological polar surface area (TPSA) is 43.6 Å². The molecule has 0 bridgehead atoms. The van der Waals surface area contributed by atoms with Gasteiger partial charge in [0.05, 0.1) is 23.7 Å². The Balaban J connectivity index is 1.95. The molecule has 0 fully saturated rings. The first-order valence-corrected chi connectivity index (χ1v) is 9.90. The molecule has 0 unspecified atom stereocenters. The van der Waals surface area contributed by atoms with Crippen LogP contribution in [-0.4, -0.2) is 23.8 Å². The third-order valence-corrected chi connectivity index (χ3v) is 5.83. The summed E-state index contributed by atoms with van der Waals surface area (Å²) in [6.07, 6.45) is 2.29. The summed E-state index contributed by atoms with van der Waals surface area (Å²) >= 11 is 3.24. The van der Waals surface area contributed by atoms with E-state index < -0.39 is 0 Å². The Morgan fingerprint density at radius 2 is 2.08 bits per heavy atom. The smallest absolute Gasteiger partial charge is 0.252 e. The molecular formula is C19H20N2O2S2. The predicted octanol–water partition coefficient (Wildman–Crippen LogP) is 3.95. The van der Waals surface area contributed by atoms with Crippen molar-refractivity contribution in [1.82, 2.24) is 4.57 Å². The maximum atomic E-state index is 12.5. The number of aromatic nitrogens is 1. The standard InChI is InChI=1S/C19H20N2O2S2/c1-12-5-8-16(23-3)13(9-12)10-18(22)20-19-21(2)15-7-6-14(24-4)11-17(15)25-19/h5-9,11H,10H2,1-4H3. The fourth-order valence-electron chi connectivity index (χ4n) is 2.70. The maximum Gasteiger partial charge on any atom is 0.252 e. The fraction of sp³-hybridized carbons (Fsp3) is 0.263. The molecule has 6 heteroatoms. The molecule has 1 amide bonds. The maximum absolute atomic E-state index is 12.5. The number of carbonyl (C=O) groups is 1. The van der Waals surface area contributed by atoms with Crippen LogP contribution in [0.15, 0.2) is 46.3 Å². The molecule has 0 saturated carbocycles. The lowest BCUT2D eigenvalue weighted by Gasteiger charge is -2.07. The molecule has 0 radical (unpaired) electrons. The van der Waals surface area contributed by atoms with Gasteiger partial charge in [0.15, 0.2) is 4.80 Å². The third kappa shape index (κ3) is 3.80. The largest absolute Gasteiger partial charge is 0.496 e. The molecule has 25 heavy (non-hydrogen) atoms. The van der Waals surface area contributed by atoms with Gasteiger partial charge in [-0.15, -0.1) is 11.8 Å². The van der Waals surface area contributed by atoms with Crippen molar-refractivity contribution >= 4 is 39.2 Å². The Morgan fingerprint density at radius 1 is 1.28 bits per heavy atom. The van der Waals surface area contributed by atoms with E-state index in [1.54, 1.807) is 18.9 Å². The van der Waals surface area contributed by atoms with Gasteiger partial charge < -0.3 is 9.30 Å². The van der Waals surface area contributed by atoms with Gasteiger partial charge in [-0.1, -0.05) is 29.0 Å². The lowest BCUT2D eigenvalue weighted by Crippen LogP contribution is -2.14. The summed E-state index contributed by atoms with van der Waals surface area (Å²) in [4.78, 5) is 18.7. The highest BCUT2D eigenvalue weighted by atomic mass is 32.2. The van der Waals surface area contributed by atoms with Crippen molar-refractivity contribution in [2.24, 2.45) is 12.0 Å². The van der Waals surface area contributed by atoms with Crippen molar-refractivity contribution in [2.45, 2.75) is 18.2 Å². The molecule has 0 aliphatic heterocycles. The minimum atomic E-state index is -0.170. The second-order valence-corrected chi connectivity index (χ2v) is 7.66. The summed E-state index contributed by atoms with van der Waals surface area (Å²) in [5.41, 5.74) is 3.05. The van der Waals surface area contributed by atoms with E-state index in [9.17, 15) is 4.79 Å². The number of nitrogens with zero attached hydrogens (tertiary/aromatic N) is 2. The first-order chi connectivity index (χ1) is 12.0. The van der Waals surface area contributed by atoms with Gasteiger partial charge in [0.25, 0.3) is 5.91 Å². The number of carbonyl (C=O) groups excluding carboxylic acids is 1. The highest BCUT2D eigenvalue weighted by Crippen LogP contribution is 2.24. The SMILES string of the molecule is COc1ccc(C)cc1CC(=O)N=c1sc2cc(SC)ccc2n1C. The number of amides is 1. The van der Waals surface area contributed by atoms with E-state index in [0.717, 1.165) is 27.1 Å². The summed E-state index contributed by atoms with van der Waals surface area (Å²) in [6, 6.07) is 12.1. The summed E-state index contributed by atoms with van der Waals surface area (Å²) in [5, 5.41) is 0. The van der Waals surface area contributed by atoms with E-state index in [0.29, 0.717) is 4.80 Å². The van der Waals surface area contributed by atoms with Crippen molar-refractivity contribution in [3.63, 3.8) is 0 Å². The highest BCUT2D eigenvalue weighted by Gasteiger charge is 2.10. The van der Waals surface area contributed by atoms with Crippen molar-refractivity contribution < 1.29 is 9.53 Å². The van der Waals surface area contributed by atoms with Crippen molar-refractivity contribution in [2.75, 3.05) is 13.4 Å². The van der Waals surface area contributed by atoms with Crippen LogP contribution in [0.4, 0.5) is 0 Å². The number of aryl methyl sites for hydroxylation is 2. The molecule has 0 N–H and O–H groups in total. The van der Waals surface area contributed by atoms with E-state index in [1.165, 1.54) is 16.2 Å². The molecule has 0 saturated heterocycles. The molecular weight excluding hydrogens is 352 g/mol. The Hall–Kier alpha value is -2.05. The van der Waals surface area contributed by atoms with E-state index >= 15 is 0 Å². The average Bonchev–Trinajstić information content (AvgIpc) is 2.90.